The van der Waals surface area contributed by atoms with Gasteiger partial charge in [0.2, 0.25) is 0 Å². The Balaban J connectivity index is 1.11. The quantitative estimate of drug-likeness (QED) is 0.138. The number of carboxylic acid groups (broad SMARTS) is 1. The second kappa shape index (κ2) is 16.9. The zero-order chi connectivity index (χ0) is 38.5. The van der Waals surface area contributed by atoms with E-state index in [1.54, 1.807) is 24.2 Å². The van der Waals surface area contributed by atoms with Gasteiger partial charge in [0.15, 0.2) is 0 Å². The van der Waals surface area contributed by atoms with E-state index in [4.69, 9.17) is 21.4 Å². The van der Waals surface area contributed by atoms with Crippen LogP contribution in [0.5, 0.6) is 5.75 Å². The SMILES string of the molecule is CN1CCC2(CC1)CCN(Cc1cccc(-c3cccc4c3cnn4Cc3ccc(CN(C)C(CO)C(=O)O)c(OCc4cncc(C#N)c4)c3)c1Cl)CC2. The average molecular weight is 762 g/mol. The van der Waals surface area contributed by atoms with Crippen molar-refractivity contribution in [3.8, 4) is 22.9 Å². The van der Waals surface area contributed by atoms with Crippen molar-refractivity contribution >= 4 is 28.5 Å². The summed E-state index contributed by atoms with van der Waals surface area (Å²) in [5.74, 6) is -0.547. The number of likely N-dealkylation sites (tertiary alicyclic amines) is 2. The van der Waals surface area contributed by atoms with Crippen molar-refractivity contribution in [1.82, 2.24) is 29.5 Å². The molecule has 0 amide bonds. The van der Waals surface area contributed by atoms with Crippen LogP contribution in [0.1, 0.15) is 53.5 Å². The number of nitriles is 1. The second-order valence-electron chi connectivity index (χ2n) is 15.3. The van der Waals surface area contributed by atoms with E-state index in [0.29, 0.717) is 23.3 Å². The molecule has 1 spiro atoms. The standard InChI is InChI=1S/C43H48ClN7O4/c1-48-15-11-43(12-16-48)13-17-50(18-14-43)27-34-5-3-7-36(41(34)44)35-6-4-8-38-37(35)24-47-51(38)25-30-9-10-33(26-49(2)39(28-52)42(53)54)40(20-30)55-29-32-19-31(21-45)22-46-23-32/h3-10,19-20,22-24,39,52H,11-18,25-29H2,1-2H3,(H,53,54). The molecule has 0 bridgehead atoms. The third kappa shape index (κ3) is 8.70. The molecule has 2 aliphatic rings. The third-order valence-corrected chi connectivity index (χ3v) is 12.1. The fourth-order valence-corrected chi connectivity index (χ4v) is 8.39. The first kappa shape index (κ1) is 38.4. The zero-order valence-electron chi connectivity index (χ0n) is 31.5. The van der Waals surface area contributed by atoms with E-state index >= 15 is 0 Å². The number of aliphatic hydroxyl groups is 1. The largest absolute Gasteiger partial charge is 0.489 e. The maximum atomic E-state index is 11.8. The highest BCUT2D eigenvalue weighted by atomic mass is 35.5. The number of benzene rings is 3. The summed E-state index contributed by atoms with van der Waals surface area (Å²) in [7, 11) is 3.89. The van der Waals surface area contributed by atoms with Crippen LogP contribution in [0.25, 0.3) is 22.0 Å². The molecule has 2 aromatic heterocycles. The van der Waals surface area contributed by atoms with Crippen LogP contribution in [-0.2, 0) is 31.0 Å². The first-order valence-electron chi connectivity index (χ1n) is 18.9. The van der Waals surface area contributed by atoms with E-state index in [9.17, 15) is 20.3 Å². The number of aromatic nitrogens is 3. The lowest BCUT2D eigenvalue weighted by molar-refractivity contribution is -0.144. The number of hydrogen-bond acceptors (Lipinski definition) is 9. The summed E-state index contributed by atoms with van der Waals surface area (Å²) in [5.41, 5.74) is 7.50. The molecule has 2 fully saturated rings. The Hall–Kier alpha value is -4.83. The van der Waals surface area contributed by atoms with Gasteiger partial charge in [-0.3, -0.25) is 24.3 Å². The molecule has 12 heteroatoms. The molecule has 0 aliphatic carbocycles. The van der Waals surface area contributed by atoms with Crippen LogP contribution in [-0.4, -0.2) is 98.6 Å². The van der Waals surface area contributed by atoms with Gasteiger partial charge in [0.1, 0.15) is 24.5 Å². The molecule has 4 heterocycles. The number of likely N-dealkylation sites (N-methyl/N-ethyl adjacent to an activating group) is 1. The van der Waals surface area contributed by atoms with Crippen molar-refractivity contribution in [2.24, 2.45) is 5.41 Å². The van der Waals surface area contributed by atoms with Crippen LogP contribution >= 0.6 is 11.6 Å². The summed E-state index contributed by atoms with van der Waals surface area (Å²) in [6.45, 7) is 5.79. The Morgan fingerprint density at radius 2 is 1.71 bits per heavy atom. The predicted octanol–water partition coefficient (Wildman–Crippen LogP) is 6.44. The van der Waals surface area contributed by atoms with E-state index in [2.05, 4.69) is 58.2 Å². The third-order valence-electron chi connectivity index (χ3n) is 11.6. The number of piperidine rings is 2. The van der Waals surface area contributed by atoms with Gasteiger partial charge in [-0.1, -0.05) is 54.1 Å². The van der Waals surface area contributed by atoms with Crippen molar-refractivity contribution in [2.45, 2.75) is 58.0 Å². The maximum absolute atomic E-state index is 11.8. The number of halogens is 1. The smallest absolute Gasteiger partial charge is 0.323 e. The Labute approximate surface area is 327 Å². The van der Waals surface area contributed by atoms with Gasteiger partial charge in [-0.2, -0.15) is 10.4 Å². The summed E-state index contributed by atoms with van der Waals surface area (Å²) in [4.78, 5) is 22.5. The molecule has 0 saturated carbocycles. The van der Waals surface area contributed by atoms with Gasteiger partial charge in [-0.15, -0.1) is 0 Å². The highest BCUT2D eigenvalue weighted by molar-refractivity contribution is 6.34. The van der Waals surface area contributed by atoms with Crippen molar-refractivity contribution in [2.75, 3.05) is 46.9 Å². The molecule has 2 saturated heterocycles. The van der Waals surface area contributed by atoms with Crippen LogP contribution in [0.15, 0.2) is 79.3 Å². The highest BCUT2D eigenvalue weighted by Crippen LogP contribution is 2.42. The van der Waals surface area contributed by atoms with Gasteiger partial charge in [0.25, 0.3) is 0 Å². The lowest BCUT2D eigenvalue weighted by atomic mass is 9.71. The first-order valence-corrected chi connectivity index (χ1v) is 19.3. The van der Waals surface area contributed by atoms with Gasteiger partial charge in [0.05, 0.1) is 35.5 Å². The lowest BCUT2D eigenvalue weighted by Gasteiger charge is -2.46. The minimum absolute atomic E-state index is 0.162. The molecule has 7 rings (SSSR count). The molecule has 5 aromatic rings. The Morgan fingerprint density at radius 1 is 0.964 bits per heavy atom. The van der Waals surface area contributed by atoms with Crippen molar-refractivity contribution < 1.29 is 19.7 Å². The summed E-state index contributed by atoms with van der Waals surface area (Å²) in [6.07, 6.45) is 10.2. The van der Waals surface area contributed by atoms with Crippen LogP contribution in [0.3, 0.4) is 0 Å². The van der Waals surface area contributed by atoms with E-state index in [-0.39, 0.29) is 13.2 Å². The van der Waals surface area contributed by atoms with Crippen LogP contribution in [0, 0.1) is 16.7 Å². The number of ether oxygens (including phenoxy) is 1. The monoisotopic (exact) mass is 761 g/mol. The van der Waals surface area contributed by atoms with Crippen molar-refractivity contribution in [3.05, 3.63) is 112 Å². The summed E-state index contributed by atoms with van der Waals surface area (Å²) in [6, 6.07) is 21.2. The Bertz CT molecular complexity index is 2180. The van der Waals surface area contributed by atoms with E-state index in [0.717, 1.165) is 68.9 Å². The fourth-order valence-electron chi connectivity index (χ4n) is 8.10. The van der Waals surface area contributed by atoms with Crippen LogP contribution in [0.2, 0.25) is 5.02 Å². The molecule has 11 nitrogen and oxygen atoms in total. The normalized spacial score (nSPS) is 16.7. The number of hydrogen-bond donors (Lipinski definition) is 2. The number of rotatable bonds is 13. The number of fused-ring (bicyclic) bond motifs is 1. The van der Waals surface area contributed by atoms with E-state index < -0.39 is 18.6 Å². The molecule has 1 unspecified atom stereocenters. The first-order chi connectivity index (χ1) is 26.6. The fraction of sp³-hybridized carbons (Fsp3) is 0.395. The second-order valence-corrected chi connectivity index (χ2v) is 15.7. The number of aliphatic hydroxyl groups excluding tert-OH is 1. The molecule has 2 aliphatic heterocycles. The number of aliphatic carboxylic acids is 1. The number of carboxylic acids is 1. The van der Waals surface area contributed by atoms with Gasteiger partial charge in [-0.05, 0) is 106 Å². The van der Waals surface area contributed by atoms with Gasteiger partial charge >= 0.3 is 5.97 Å². The van der Waals surface area contributed by atoms with Gasteiger partial charge < -0.3 is 19.8 Å². The molecular weight excluding hydrogens is 714 g/mol. The molecule has 286 valence electrons. The van der Waals surface area contributed by atoms with Crippen molar-refractivity contribution in [1.29, 1.82) is 5.26 Å². The van der Waals surface area contributed by atoms with Crippen LogP contribution < -0.4 is 4.74 Å². The minimum Gasteiger partial charge on any atom is -0.489 e. The summed E-state index contributed by atoms with van der Waals surface area (Å²) >= 11 is 7.22. The number of nitrogens with zero attached hydrogens (tertiary/aromatic N) is 7. The topological polar surface area (TPSA) is 131 Å². The predicted molar refractivity (Wildman–Crippen MR) is 213 cm³/mol. The molecule has 2 N–H and O–H groups in total. The summed E-state index contributed by atoms with van der Waals surface area (Å²) in [5, 5.41) is 35.3. The Morgan fingerprint density at radius 3 is 2.45 bits per heavy atom. The van der Waals surface area contributed by atoms with Crippen LogP contribution in [0.4, 0.5) is 0 Å². The summed E-state index contributed by atoms with van der Waals surface area (Å²) < 4.78 is 8.26. The van der Waals surface area contributed by atoms with E-state index in [1.165, 1.54) is 45.0 Å². The molecule has 1 atom stereocenters. The van der Waals surface area contributed by atoms with E-state index in [1.807, 2.05) is 35.1 Å². The number of carbonyl (C=O) groups is 1. The molecule has 55 heavy (non-hydrogen) atoms. The van der Waals surface area contributed by atoms with Gasteiger partial charge in [0, 0.05) is 47.6 Å². The molecule has 3 aromatic carbocycles. The molecule has 0 radical (unpaired) electrons. The average Bonchev–Trinajstić information content (AvgIpc) is 3.60. The Kier molecular flexibility index (Phi) is 11.8. The number of pyridine rings is 1. The molecular formula is C43H48ClN7O4. The maximum Gasteiger partial charge on any atom is 0.323 e. The lowest BCUT2D eigenvalue weighted by Crippen LogP contribution is -2.45. The highest BCUT2D eigenvalue weighted by Gasteiger charge is 2.37. The van der Waals surface area contributed by atoms with Gasteiger partial charge in [-0.25, -0.2) is 0 Å². The zero-order valence-corrected chi connectivity index (χ0v) is 32.3. The minimum atomic E-state index is -1.11. The van der Waals surface area contributed by atoms with Crippen molar-refractivity contribution in [3.63, 3.8) is 0 Å².